The van der Waals surface area contributed by atoms with Gasteiger partial charge in [0.15, 0.2) is 5.82 Å². The van der Waals surface area contributed by atoms with Crippen molar-refractivity contribution in [3.8, 4) is 11.3 Å². The lowest BCUT2D eigenvalue weighted by Gasteiger charge is -2.35. The van der Waals surface area contributed by atoms with E-state index in [0.717, 1.165) is 4.90 Å². The molecule has 0 aliphatic carbocycles. The molecule has 2 aromatic heterocycles. The summed E-state index contributed by atoms with van der Waals surface area (Å²) in [7, 11) is 0. The third kappa shape index (κ3) is 6.52. The first kappa shape index (κ1) is 32.3. The molecule has 2 aliphatic rings. The zero-order chi connectivity index (χ0) is 33.1. The van der Waals surface area contributed by atoms with Crippen molar-refractivity contribution in [3.05, 3.63) is 58.2 Å². The molecule has 1 aromatic carbocycles. The van der Waals surface area contributed by atoms with Crippen molar-refractivity contribution in [2.75, 3.05) is 18.0 Å². The summed E-state index contributed by atoms with van der Waals surface area (Å²) >= 11 is 0. The van der Waals surface area contributed by atoms with Crippen LogP contribution in [-0.4, -0.2) is 51.4 Å². The summed E-state index contributed by atoms with van der Waals surface area (Å²) in [5.74, 6) is -1.23. The van der Waals surface area contributed by atoms with E-state index in [0.29, 0.717) is 29.2 Å². The second-order valence-corrected chi connectivity index (χ2v) is 11.1. The quantitative estimate of drug-likeness (QED) is 0.262. The predicted octanol–water partition coefficient (Wildman–Crippen LogP) is 7.65. The van der Waals surface area contributed by atoms with Crippen LogP contribution in [0.5, 0.6) is 0 Å². The highest BCUT2D eigenvalue weighted by molar-refractivity contribution is 5.72. The van der Waals surface area contributed by atoms with Crippen LogP contribution in [0.25, 0.3) is 11.3 Å². The summed E-state index contributed by atoms with van der Waals surface area (Å²) in [6, 6.07) is -0.163. The first-order chi connectivity index (χ1) is 20.8. The van der Waals surface area contributed by atoms with Crippen LogP contribution in [0.15, 0.2) is 28.9 Å². The predicted molar refractivity (Wildman–Crippen MR) is 139 cm³/mol. The number of piperidine rings is 1. The molecule has 0 bridgehead atoms. The Labute approximate surface area is 250 Å². The average Bonchev–Trinajstić information content (AvgIpc) is 3.43. The minimum Gasteiger partial charge on any atom is -0.439 e. The monoisotopic (exact) mass is 651 g/mol. The highest BCUT2D eigenvalue weighted by Crippen LogP contribution is 2.42. The van der Waals surface area contributed by atoms with Gasteiger partial charge in [0.2, 0.25) is 0 Å². The number of carbonyl (C=O) groups excluding carboxylic acids is 1. The summed E-state index contributed by atoms with van der Waals surface area (Å²) in [6.07, 6.45) is -15.9. The minimum atomic E-state index is -5.12. The summed E-state index contributed by atoms with van der Waals surface area (Å²) in [5, 5.41) is 3.87. The van der Waals surface area contributed by atoms with Gasteiger partial charge in [0.25, 0.3) is 0 Å². The first-order valence-corrected chi connectivity index (χ1v) is 13.7. The molecular weight excluding hydrogens is 625 g/mol. The van der Waals surface area contributed by atoms with Crippen LogP contribution in [-0.2, 0) is 23.6 Å². The molecule has 244 valence electrons. The van der Waals surface area contributed by atoms with Gasteiger partial charge in [-0.1, -0.05) is 5.16 Å². The smallest absolute Gasteiger partial charge is 0.416 e. The molecule has 1 amide bonds. The first-order valence-electron chi connectivity index (χ1n) is 13.7. The Bertz CT molecular complexity index is 1530. The Morgan fingerprint density at radius 3 is 2.18 bits per heavy atom. The lowest BCUT2D eigenvalue weighted by Crippen LogP contribution is -2.43. The van der Waals surface area contributed by atoms with Crippen molar-refractivity contribution >= 4 is 11.9 Å². The van der Waals surface area contributed by atoms with Crippen LogP contribution in [0, 0.1) is 19.8 Å². The molecule has 8 nitrogen and oxygen atoms in total. The van der Waals surface area contributed by atoms with Crippen LogP contribution in [0.4, 0.5) is 50.1 Å². The van der Waals surface area contributed by atoms with Gasteiger partial charge in [-0.3, -0.25) is 4.90 Å². The van der Waals surface area contributed by atoms with E-state index in [4.69, 9.17) is 9.26 Å². The molecule has 0 saturated carbocycles. The Morgan fingerprint density at radius 1 is 0.978 bits per heavy atom. The number of hydrogen-bond acceptors (Lipinski definition) is 7. The van der Waals surface area contributed by atoms with Crippen molar-refractivity contribution < 1.29 is 53.6 Å². The zero-order valence-electron chi connectivity index (χ0n) is 23.9. The number of halogens is 9. The van der Waals surface area contributed by atoms with E-state index in [1.165, 1.54) is 18.0 Å². The van der Waals surface area contributed by atoms with Gasteiger partial charge in [-0.05, 0) is 57.4 Å². The van der Waals surface area contributed by atoms with E-state index in [1.807, 2.05) is 0 Å². The molecule has 2 saturated heterocycles. The fourth-order valence-corrected chi connectivity index (χ4v) is 5.66. The third-order valence-electron chi connectivity index (χ3n) is 7.95. The number of rotatable bonds is 5. The third-order valence-corrected chi connectivity index (χ3v) is 7.95. The maximum absolute atomic E-state index is 13.6. The second kappa shape index (κ2) is 11.4. The van der Waals surface area contributed by atoms with E-state index in [2.05, 4.69) is 15.1 Å². The van der Waals surface area contributed by atoms with Crippen LogP contribution in [0.2, 0.25) is 0 Å². The summed E-state index contributed by atoms with van der Waals surface area (Å²) in [5.41, 5.74) is -2.49. The molecule has 4 heterocycles. The van der Waals surface area contributed by atoms with E-state index in [9.17, 15) is 44.3 Å². The number of hydrogen-bond donors (Lipinski definition) is 0. The van der Waals surface area contributed by atoms with Crippen molar-refractivity contribution in [1.82, 2.24) is 20.0 Å². The lowest BCUT2D eigenvalue weighted by atomic mass is 9.97. The molecule has 3 aromatic rings. The summed E-state index contributed by atoms with van der Waals surface area (Å²) in [6.45, 7) is 3.96. The SMILES string of the molecule is Cc1noc(C)c1-c1cnc(N2CCCC(C(F)(F)F)C2)c(CN2C(=O)O[C@H](c3cc(C(F)(F)F)cc(C(F)(F)F)c3)[C@@H]2C)n1. The standard InChI is InChI=1S/C28H26F9N5O3/c1-13-22(15(3)45-40-13)20-10-38-24(41-6-4-5-17(11-41)26(29,30)31)21(39-20)12-42-14(2)23(44-25(42)43)16-7-18(27(32,33)34)9-19(8-16)28(35,36)37/h7-10,14,17,23H,4-6,11-12H2,1-3H3/t14-,17?,23-/m0/s1. The van der Waals surface area contributed by atoms with Crippen LogP contribution in [0.3, 0.4) is 0 Å². The van der Waals surface area contributed by atoms with Crippen molar-refractivity contribution in [1.29, 1.82) is 0 Å². The molecule has 0 radical (unpaired) electrons. The summed E-state index contributed by atoms with van der Waals surface area (Å²) < 4.78 is 132. The molecule has 3 atom stereocenters. The molecule has 17 heteroatoms. The van der Waals surface area contributed by atoms with E-state index in [1.54, 1.807) is 13.8 Å². The van der Waals surface area contributed by atoms with Gasteiger partial charge in [0, 0.05) is 13.1 Å². The fourth-order valence-electron chi connectivity index (χ4n) is 5.66. The van der Waals surface area contributed by atoms with Gasteiger partial charge < -0.3 is 14.2 Å². The van der Waals surface area contributed by atoms with Gasteiger partial charge in [0.1, 0.15) is 17.6 Å². The van der Waals surface area contributed by atoms with Crippen molar-refractivity contribution in [2.45, 2.75) is 70.8 Å². The van der Waals surface area contributed by atoms with Crippen LogP contribution in [0.1, 0.15) is 59.7 Å². The summed E-state index contributed by atoms with van der Waals surface area (Å²) in [4.78, 5) is 24.5. The molecule has 1 unspecified atom stereocenters. The fraction of sp³-hybridized carbons (Fsp3) is 0.500. The van der Waals surface area contributed by atoms with Gasteiger partial charge in [-0.25, -0.2) is 14.8 Å². The Hall–Kier alpha value is -4.05. The number of nitrogens with zero attached hydrogens (tertiary/aromatic N) is 5. The maximum Gasteiger partial charge on any atom is 0.416 e. The second-order valence-electron chi connectivity index (χ2n) is 11.1. The van der Waals surface area contributed by atoms with Gasteiger partial charge in [-0.15, -0.1) is 0 Å². The van der Waals surface area contributed by atoms with E-state index in [-0.39, 0.29) is 42.7 Å². The van der Waals surface area contributed by atoms with Crippen LogP contribution < -0.4 is 4.90 Å². The lowest BCUT2D eigenvalue weighted by molar-refractivity contribution is -0.176. The van der Waals surface area contributed by atoms with Crippen molar-refractivity contribution in [2.24, 2.45) is 5.92 Å². The zero-order valence-corrected chi connectivity index (χ0v) is 23.9. The normalized spacial score (nSPS) is 21.4. The Balaban J connectivity index is 1.53. The minimum absolute atomic E-state index is 0.0302. The molecule has 2 fully saturated rings. The Morgan fingerprint density at radius 2 is 1.62 bits per heavy atom. The van der Waals surface area contributed by atoms with Crippen molar-refractivity contribution in [3.63, 3.8) is 0 Å². The Kier molecular flexibility index (Phi) is 8.19. The number of anilines is 1. The molecule has 5 rings (SSSR count). The van der Waals surface area contributed by atoms with Gasteiger partial charge in [0.05, 0.1) is 52.8 Å². The number of alkyl halides is 9. The average molecular weight is 652 g/mol. The van der Waals surface area contributed by atoms with Gasteiger partial charge >= 0.3 is 24.6 Å². The van der Waals surface area contributed by atoms with Crippen LogP contribution >= 0.6 is 0 Å². The maximum atomic E-state index is 13.6. The highest BCUT2D eigenvalue weighted by Gasteiger charge is 2.45. The molecule has 0 N–H and O–H groups in total. The highest BCUT2D eigenvalue weighted by atomic mass is 19.4. The van der Waals surface area contributed by atoms with Gasteiger partial charge in [-0.2, -0.15) is 39.5 Å². The number of aryl methyl sites for hydroxylation is 2. The number of benzene rings is 1. The van der Waals surface area contributed by atoms with E-state index >= 15 is 0 Å². The number of ether oxygens (including phenoxy) is 1. The molecule has 45 heavy (non-hydrogen) atoms. The van der Waals surface area contributed by atoms with E-state index < -0.39 is 72.5 Å². The largest absolute Gasteiger partial charge is 0.439 e. The number of aromatic nitrogens is 3. The number of amides is 1. The number of carbonyl (C=O) groups is 1. The molecular formula is C28H26F9N5O3. The number of cyclic esters (lactones) is 1. The molecule has 0 spiro atoms. The molecule has 2 aliphatic heterocycles. The topological polar surface area (TPSA) is 84.6 Å².